The fraction of sp³-hybridized carbons (Fsp3) is 0.145. The molecular weight excluding hydrogens is 915 g/mol. The van der Waals surface area contributed by atoms with Crippen LogP contribution in [0.25, 0.3) is 77.4 Å². The zero-order chi connectivity index (χ0) is 51.2. The summed E-state index contributed by atoms with van der Waals surface area (Å²) in [5.74, 6) is 2.37. The van der Waals surface area contributed by atoms with Gasteiger partial charge in [-0.3, -0.25) is 4.57 Å². The number of aromatic nitrogens is 3. The van der Waals surface area contributed by atoms with Gasteiger partial charge in [-0.05, 0) is 124 Å². The molecule has 0 radical (unpaired) electrons. The molecule has 0 aliphatic carbocycles. The second-order valence-electron chi connectivity index (χ2n) is 22.2. The van der Waals surface area contributed by atoms with E-state index in [0.717, 1.165) is 67.5 Å². The Labute approximate surface area is 439 Å². The summed E-state index contributed by atoms with van der Waals surface area (Å²) in [6.45, 7) is 16.7. The van der Waals surface area contributed by atoms with E-state index in [2.05, 4.69) is 280 Å². The fourth-order valence-corrected chi connectivity index (χ4v) is 11.3. The lowest BCUT2D eigenvalue weighted by atomic mass is 9.80. The van der Waals surface area contributed by atoms with Crippen LogP contribution < -0.4 is 14.5 Å². The molecule has 0 N–H and O–H groups in total. The Hall–Kier alpha value is -8.87. The Bertz CT molecular complexity index is 4100. The van der Waals surface area contributed by atoms with E-state index in [-0.39, 0.29) is 10.8 Å². The molecule has 13 rings (SSSR count). The number of hydrogen-bond donors (Lipinski definition) is 0. The molecule has 0 amide bonds. The maximum absolute atomic E-state index is 6.89. The van der Waals surface area contributed by atoms with Gasteiger partial charge in [0.05, 0.1) is 33.4 Å². The van der Waals surface area contributed by atoms with Gasteiger partial charge in [0.15, 0.2) is 0 Å². The third kappa shape index (κ3) is 8.00. The van der Waals surface area contributed by atoms with Crippen LogP contribution in [0.4, 0.5) is 22.7 Å². The average Bonchev–Trinajstić information content (AvgIpc) is 4.09. The largest absolute Gasteiger partial charge is 0.457 e. The zero-order valence-corrected chi connectivity index (χ0v) is 43.6. The van der Waals surface area contributed by atoms with Crippen molar-refractivity contribution in [3.8, 4) is 45.3 Å². The van der Waals surface area contributed by atoms with Crippen molar-refractivity contribution in [2.75, 3.05) is 16.5 Å². The van der Waals surface area contributed by atoms with E-state index < -0.39 is 0 Å². The summed E-state index contributed by atoms with van der Waals surface area (Å²) in [5, 5.41) is 4.81. The highest BCUT2D eigenvalue weighted by Gasteiger charge is 2.33. The summed E-state index contributed by atoms with van der Waals surface area (Å²) in [7, 11) is 0. The Morgan fingerprint density at radius 3 is 1.65 bits per heavy atom. The van der Waals surface area contributed by atoms with Crippen LogP contribution in [0.1, 0.15) is 58.2 Å². The average molecular weight is 974 g/mol. The number of aryl methyl sites for hydroxylation is 1. The second kappa shape index (κ2) is 17.7. The zero-order valence-electron chi connectivity index (χ0n) is 43.6. The molecule has 12 aromatic rings. The lowest BCUT2D eigenvalue weighted by molar-refractivity contribution is 0.483. The van der Waals surface area contributed by atoms with Gasteiger partial charge in [-0.1, -0.05) is 163 Å². The molecule has 3 aromatic heterocycles. The summed E-state index contributed by atoms with van der Waals surface area (Å²) in [4.78, 5) is 10.2. The summed E-state index contributed by atoms with van der Waals surface area (Å²) in [5.41, 5.74) is 18.6. The molecule has 6 heteroatoms. The van der Waals surface area contributed by atoms with E-state index >= 15 is 0 Å². The van der Waals surface area contributed by atoms with E-state index in [9.17, 15) is 0 Å². The SMILES string of the molecule is Cc1cc(-n2c3ccccc3c3ccc(Oc4cccc(N5CN(c6cc(C(C)(C)C)cc(C(C)(C)C)c6)c6c(-c7ccccc7)cccc65)c4)cc32)ncc1-c1cccc(-n2c3ccccc3c3ccccc32)c1. The van der Waals surface area contributed by atoms with E-state index in [1.54, 1.807) is 0 Å². The van der Waals surface area contributed by atoms with Gasteiger partial charge in [0.25, 0.3) is 0 Å². The molecule has 75 heavy (non-hydrogen) atoms. The predicted molar refractivity (Wildman–Crippen MR) is 314 cm³/mol. The smallest absolute Gasteiger partial charge is 0.137 e. The van der Waals surface area contributed by atoms with Crippen LogP contribution in [-0.2, 0) is 10.8 Å². The molecule has 9 aromatic carbocycles. The van der Waals surface area contributed by atoms with Gasteiger partial charge >= 0.3 is 0 Å². The molecule has 0 atom stereocenters. The molecule has 0 bridgehead atoms. The van der Waals surface area contributed by atoms with Crippen LogP contribution in [0.15, 0.2) is 219 Å². The lowest BCUT2D eigenvalue weighted by Crippen LogP contribution is -2.25. The Balaban J connectivity index is 0.854. The molecule has 0 spiro atoms. The first-order valence-electron chi connectivity index (χ1n) is 26.1. The first-order valence-corrected chi connectivity index (χ1v) is 26.1. The second-order valence-corrected chi connectivity index (χ2v) is 22.2. The summed E-state index contributed by atoms with van der Waals surface area (Å²) >= 11 is 0. The number of nitrogens with zero attached hydrogens (tertiary/aromatic N) is 5. The van der Waals surface area contributed by atoms with Crippen molar-refractivity contribution < 1.29 is 4.74 Å². The molecule has 1 aliphatic heterocycles. The monoisotopic (exact) mass is 973 g/mol. The van der Waals surface area contributed by atoms with Crippen molar-refractivity contribution in [1.82, 2.24) is 14.1 Å². The highest BCUT2D eigenvalue weighted by molar-refractivity contribution is 6.10. The number of pyridine rings is 1. The minimum absolute atomic E-state index is 0.0236. The van der Waals surface area contributed by atoms with E-state index in [4.69, 9.17) is 9.72 Å². The number of hydrogen-bond acceptors (Lipinski definition) is 4. The minimum atomic E-state index is -0.0236. The molecule has 0 saturated carbocycles. The number of anilines is 4. The highest BCUT2D eigenvalue weighted by atomic mass is 16.5. The van der Waals surface area contributed by atoms with Gasteiger partial charge in [0, 0.05) is 68.1 Å². The van der Waals surface area contributed by atoms with Crippen LogP contribution in [0.3, 0.4) is 0 Å². The topological polar surface area (TPSA) is 38.5 Å². The summed E-state index contributed by atoms with van der Waals surface area (Å²) in [6, 6.07) is 76.6. The van der Waals surface area contributed by atoms with E-state index in [0.29, 0.717) is 6.67 Å². The van der Waals surface area contributed by atoms with Crippen molar-refractivity contribution in [2.24, 2.45) is 0 Å². The van der Waals surface area contributed by atoms with Crippen molar-refractivity contribution in [3.63, 3.8) is 0 Å². The molecule has 6 nitrogen and oxygen atoms in total. The van der Waals surface area contributed by atoms with Gasteiger partial charge in [-0.15, -0.1) is 0 Å². The Kier molecular flexibility index (Phi) is 10.8. The maximum atomic E-state index is 6.89. The van der Waals surface area contributed by atoms with Gasteiger partial charge in [0.1, 0.15) is 24.0 Å². The van der Waals surface area contributed by atoms with Crippen LogP contribution in [-0.4, -0.2) is 20.8 Å². The number of para-hydroxylation sites is 4. The van der Waals surface area contributed by atoms with Gasteiger partial charge < -0.3 is 19.1 Å². The Morgan fingerprint density at radius 2 is 0.987 bits per heavy atom. The standard InChI is InChI=1S/C69H59N5O/c1-45-36-66(70-43-60(45)47-22-17-24-51(37-47)73-61-30-14-11-26-56(61)57-27-12-15-31-62(57)73)74-63-32-16-13-28-58(63)59-35-34-54(42-65(59)74)75-53-25-18-23-50(41-53)71-44-72(52-39-48(68(2,3)4)38-49(40-52)69(5,6)7)67-55(29-19-33-64(67)71)46-20-9-8-10-21-46/h8-43H,44H2,1-7H3. The van der Waals surface area contributed by atoms with Gasteiger partial charge in [-0.25, -0.2) is 4.98 Å². The van der Waals surface area contributed by atoms with Crippen molar-refractivity contribution >= 4 is 66.4 Å². The maximum Gasteiger partial charge on any atom is 0.137 e. The molecule has 0 unspecified atom stereocenters. The van der Waals surface area contributed by atoms with Crippen molar-refractivity contribution in [3.05, 3.63) is 235 Å². The molecule has 1 aliphatic rings. The van der Waals surface area contributed by atoms with Crippen LogP contribution in [0, 0.1) is 6.92 Å². The highest BCUT2D eigenvalue weighted by Crippen LogP contribution is 2.51. The molecule has 366 valence electrons. The van der Waals surface area contributed by atoms with E-state index in [1.807, 2.05) is 6.20 Å². The quantitative estimate of drug-likeness (QED) is 0.152. The van der Waals surface area contributed by atoms with Crippen LogP contribution in [0.2, 0.25) is 0 Å². The first kappa shape index (κ1) is 46.0. The van der Waals surface area contributed by atoms with Crippen molar-refractivity contribution in [2.45, 2.75) is 59.3 Å². The minimum Gasteiger partial charge on any atom is -0.457 e. The lowest BCUT2D eigenvalue weighted by Gasteiger charge is -2.30. The molecular formula is C69H59N5O. The summed E-state index contributed by atoms with van der Waals surface area (Å²) < 4.78 is 11.5. The molecule has 0 fully saturated rings. The third-order valence-electron chi connectivity index (χ3n) is 15.2. The Morgan fingerprint density at radius 1 is 0.413 bits per heavy atom. The van der Waals surface area contributed by atoms with Crippen LogP contribution >= 0.6 is 0 Å². The molecule has 0 saturated heterocycles. The predicted octanol–water partition coefficient (Wildman–Crippen LogP) is 18.6. The summed E-state index contributed by atoms with van der Waals surface area (Å²) in [6.07, 6.45) is 2.04. The van der Waals surface area contributed by atoms with E-state index in [1.165, 1.54) is 60.8 Å². The molecule has 4 heterocycles. The fourth-order valence-electron chi connectivity index (χ4n) is 11.3. The van der Waals surface area contributed by atoms with Gasteiger partial charge in [0.2, 0.25) is 0 Å². The van der Waals surface area contributed by atoms with Crippen LogP contribution in [0.5, 0.6) is 11.5 Å². The third-order valence-corrected chi connectivity index (χ3v) is 15.2. The normalized spacial score (nSPS) is 12.9. The van der Waals surface area contributed by atoms with Gasteiger partial charge in [-0.2, -0.15) is 0 Å². The van der Waals surface area contributed by atoms with Crippen molar-refractivity contribution in [1.29, 1.82) is 0 Å². The number of benzene rings is 9. The number of ether oxygens (including phenoxy) is 1. The first-order chi connectivity index (χ1) is 36.4. The number of rotatable bonds is 8. The number of fused-ring (bicyclic) bond motifs is 7.